The second-order valence-electron chi connectivity index (χ2n) is 7.20. The van der Waals surface area contributed by atoms with Gasteiger partial charge in [-0.25, -0.2) is 4.98 Å². The molecule has 0 aliphatic carbocycles. The lowest BCUT2D eigenvalue weighted by Crippen LogP contribution is -2.47. The Hall–Kier alpha value is -2.05. The molecule has 2 aromatic heterocycles. The number of Topliss-reactive ketones (excluding diaryl/α,β-unsaturated/α-hetero) is 1. The number of carbonyl (C=O) groups is 1. The molecule has 0 unspecified atom stereocenters. The first-order chi connectivity index (χ1) is 12.3. The Morgan fingerprint density at radius 2 is 2.20 bits per heavy atom. The predicted octanol–water partition coefficient (Wildman–Crippen LogP) is 3.60. The molecular weight excluding hydrogens is 332 g/mol. The molecule has 3 aliphatic rings. The van der Waals surface area contributed by atoms with Crippen LogP contribution in [-0.4, -0.2) is 45.5 Å². The van der Waals surface area contributed by atoms with Gasteiger partial charge in [0.15, 0.2) is 5.78 Å². The number of hydrogen-bond acceptors (Lipinski definition) is 5. The molecule has 1 atom stereocenters. The van der Waals surface area contributed by atoms with Crippen molar-refractivity contribution in [2.45, 2.75) is 19.3 Å². The number of ketones is 1. The fourth-order valence-electron chi connectivity index (χ4n) is 4.38. The third-order valence-electron chi connectivity index (χ3n) is 5.75. The van der Waals surface area contributed by atoms with Crippen molar-refractivity contribution in [2.24, 2.45) is 11.8 Å². The third kappa shape index (κ3) is 2.69. The van der Waals surface area contributed by atoms with Gasteiger partial charge in [-0.2, -0.15) is 5.10 Å². The zero-order chi connectivity index (χ0) is 16.8. The Labute approximate surface area is 150 Å². The molecule has 3 saturated heterocycles. The number of thiazole rings is 1. The summed E-state index contributed by atoms with van der Waals surface area (Å²) in [5.41, 5.74) is 2.54. The minimum Gasteiger partial charge on any atom is -0.303 e. The quantitative estimate of drug-likeness (QED) is 0.729. The summed E-state index contributed by atoms with van der Waals surface area (Å²) in [6, 6.07) is 6.06. The van der Waals surface area contributed by atoms with Crippen LogP contribution in [0.3, 0.4) is 0 Å². The van der Waals surface area contributed by atoms with Gasteiger partial charge in [-0.3, -0.25) is 9.89 Å². The van der Waals surface area contributed by atoms with Gasteiger partial charge in [-0.05, 0) is 56.0 Å². The maximum Gasteiger partial charge on any atom is 0.184 e. The molecule has 6 rings (SSSR count). The number of H-pyrrole nitrogens is 1. The van der Waals surface area contributed by atoms with Crippen LogP contribution in [0.15, 0.2) is 29.8 Å². The van der Waals surface area contributed by atoms with Gasteiger partial charge in [0.05, 0.1) is 5.52 Å². The summed E-state index contributed by atoms with van der Waals surface area (Å²) >= 11 is 1.61. The van der Waals surface area contributed by atoms with Gasteiger partial charge >= 0.3 is 0 Å². The predicted molar refractivity (Wildman–Crippen MR) is 98.8 cm³/mol. The topological polar surface area (TPSA) is 61.9 Å². The molecular formula is C19H20N4OS. The van der Waals surface area contributed by atoms with Gasteiger partial charge in [0.2, 0.25) is 0 Å². The van der Waals surface area contributed by atoms with Crippen molar-refractivity contribution in [3.8, 4) is 10.6 Å². The van der Waals surface area contributed by atoms with Crippen LogP contribution in [0.2, 0.25) is 0 Å². The number of aromatic nitrogens is 3. The number of hydrogen-bond donors (Lipinski definition) is 1. The van der Waals surface area contributed by atoms with Crippen molar-refractivity contribution in [1.29, 1.82) is 0 Å². The molecule has 3 fully saturated rings. The Morgan fingerprint density at radius 3 is 2.92 bits per heavy atom. The number of nitrogens with one attached hydrogen (secondary N) is 1. The van der Waals surface area contributed by atoms with Crippen LogP contribution in [0, 0.1) is 11.8 Å². The maximum absolute atomic E-state index is 12.9. The van der Waals surface area contributed by atoms with Gasteiger partial charge in [0.1, 0.15) is 10.7 Å². The summed E-state index contributed by atoms with van der Waals surface area (Å²) in [5.74, 6) is 1.37. The first kappa shape index (κ1) is 15.2. The zero-order valence-corrected chi connectivity index (χ0v) is 14.8. The van der Waals surface area contributed by atoms with Gasteiger partial charge in [0, 0.05) is 35.5 Å². The van der Waals surface area contributed by atoms with Gasteiger partial charge < -0.3 is 4.90 Å². The highest BCUT2D eigenvalue weighted by molar-refractivity contribution is 7.13. The van der Waals surface area contributed by atoms with Crippen LogP contribution in [0.5, 0.6) is 0 Å². The summed E-state index contributed by atoms with van der Waals surface area (Å²) in [6.07, 6.45) is 4.91. The molecule has 25 heavy (non-hydrogen) atoms. The van der Waals surface area contributed by atoms with Crippen molar-refractivity contribution in [2.75, 3.05) is 19.6 Å². The molecule has 2 bridgehead atoms. The smallest absolute Gasteiger partial charge is 0.184 e. The van der Waals surface area contributed by atoms with E-state index < -0.39 is 0 Å². The molecule has 3 aliphatic heterocycles. The largest absolute Gasteiger partial charge is 0.303 e. The van der Waals surface area contributed by atoms with E-state index in [1.807, 2.05) is 23.6 Å². The van der Waals surface area contributed by atoms with Gasteiger partial charge in [-0.15, -0.1) is 11.3 Å². The second kappa shape index (κ2) is 6.04. The van der Waals surface area contributed by atoms with E-state index in [-0.39, 0.29) is 5.78 Å². The molecule has 5 nitrogen and oxygen atoms in total. The first-order valence-electron chi connectivity index (χ1n) is 8.91. The van der Waals surface area contributed by atoms with Gasteiger partial charge in [0.25, 0.3) is 0 Å². The van der Waals surface area contributed by atoms with E-state index >= 15 is 0 Å². The maximum atomic E-state index is 12.9. The van der Waals surface area contributed by atoms with Crippen LogP contribution in [0.1, 0.15) is 29.8 Å². The highest BCUT2D eigenvalue weighted by Gasteiger charge is 2.35. The number of benzene rings is 1. The van der Waals surface area contributed by atoms with Crippen LogP contribution in [-0.2, 0) is 0 Å². The minimum atomic E-state index is 0.168. The van der Waals surface area contributed by atoms with Crippen LogP contribution >= 0.6 is 11.3 Å². The minimum absolute atomic E-state index is 0.168. The summed E-state index contributed by atoms with van der Waals surface area (Å²) in [4.78, 5) is 19.8. The molecule has 0 amide bonds. The van der Waals surface area contributed by atoms with E-state index in [1.54, 1.807) is 17.5 Å². The van der Waals surface area contributed by atoms with E-state index in [4.69, 9.17) is 0 Å². The number of rotatable bonds is 4. The fraction of sp³-hybridized carbons (Fsp3) is 0.421. The Balaban J connectivity index is 1.44. The Kier molecular flexibility index (Phi) is 3.68. The summed E-state index contributed by atoms with van der Waals surface area (Å²) < 4.78 is 0. The van der Waals surface area contributed by atoms with Crippen molar-refractivity contribution in [3.63, 3.8) is 0 Å². The average molecular weight is 352 g/mol. The number of nitrogens with zero attached hydrogens (tertiary/aromatic N) is 3. The Morgan fingerprint density at radius 1 is 1.32 bits per heavy atom. The lowest BCUT2D eigenvalue weighted by atomic mass is 9.76. The number of fused-ring (bicyclic) bond motifs is 4. The van der Waals surface area contributed by atoms with Crippen LogP contribution in [0.25, 0.3) is 21.5 Å². The number of carbonyl (C=O) groups excluding carboxylic acids is 1. The molecule has 1 N–H and O–H groups in total. The lowest BCUT2D eigenvalue weighted by Gasteiger charge is -2.44. The molecule has 5 heterocycles. The Bertz CT molecular complexity index is 909. The van der Waals surface area contributed by atoms with Crippen LogP contribution in [0.4, 0.5) is 0 Å². The number of piperidine rings is 3. The second-order valence-corrected chi connectivity index (χ2v) is 8.09. The molecule has 128 valence electrons. The number of aromatic amines is 1. The van der Waals surface area contributed by atoms with Crippen molar-refractivity contribution >= 4 is 28.0 Å². The van der Waals surface area contributed by atoms with Crippen molar-refractivity contribution in [1.82, 2.24) is 20.1 Å². The van der Waals surface area contributed by atoms with E-state index in [0.29, 0.717) is 24.0 Å². The highest BCUT2D eigenvalue weighted by atomic mass is 32.1. The normalized spacial score (nSPS) is 25.5. The summed E-state index contributed by atoms with van der Waals surface area (Å²) in [6.45, 7) is 3.48. The average Bonchev–Trinajstić information content (AvgIpc) is 3.32. The summed E-state index contributed by atoms with van der Waals surface area (Å²) in [7, 11) is 0. The lowest BCUT2D eigenvalue weighted by molar-refractivity contribution is 0.0440. The van der Waals surface area contributed by atoms with E-state index in [2.05, 4.69) is 20.1 Å². The van der Waals surface area contributed by atoms with E-state index in [1.165, 1.54) is 25.9 Å². The molecule has 0 spiro atoms. The molecule has 6 heteroatoms. The third-order valence-corrected chi connectivity index (χ3v) is 6.57. The van der Waals surface area contributed by atoms with Crippen molar-refractivity contribution in [3.05, 3.63) is 35.5 Å². The standard InChI is InChI=1S/C19H20N4OS/c24-17(10-14-11-23-6-3-12(14)4-7-23)18-15-9-13(19-20-5-8-25-19)1-2-16(15)21-22-18/h1-2,5,8-9,12,14H,3-4,6-7,10-11H2,(H,21,22)/t14-/m0/s1. The highest BCUT2D eigenvalue weighted by Crippen LogP contribution is 2.35. The van der Waals surface area contributed by atoms with Gasteiger partial charge in [-0.1, -0.05) is 0 Å². The monoisotopic (exact) mass is 352 g/mol. The molecule has 0 radical (unpaired) electrons. The molecule has 1 aromatic carbocycles. The van der Waals surface area contributed by atoms with E-state index in [0.717, 1.165) is 28.0 Å². The van der Waals surface area contributed by atoms with E-state index in [9.17, 15) is 4.79 Å². The first-order valence-corrected chi connectivity index (χ1v) is 9.79. The fourth-order valence-corrected chi connectivity index (χ4v) is 5.01. The van der Waals surface area contributed by atoms with Crippen LogP contribution < -0.4 is 0 Å². The molecule has 3 aromatic rings. The summed E-state index contributed by atoms with van der Waals surface area (Å²) in [5, 5.41) is 11.2. The SMILES string of the molecule is O=C(C[C@H]1CN2CCC1CC2)c1n[nH]c2ccc(-c3nccs3)cc12. The zero-order valence-electron chi connectivity index (χ0n) is 13.9. The molecule has 0 saturated carbocycles. The van der Waals surface area contributed by atoms with Crippen molar-refractivity contribution < 1.29 is 4.79 Å².